The number of nitrogens with zero attached hydrogens (tertiary/aromatic N) is 2. The molecule has 0 atom stereocenters. The predicted molar refractivity (Wildman–Crippen MR) is 113 cm³/mol. The summed E-state index contributed by atoms with van der Waals surface area (Å²) in [6.45, 7) is 9.14. The number of halogens is 1. The van der Waals surface area contributed by atoms with Crippen LogP contribution >= 0.6 is 35.3 Å². The van der Waals surface area contributed by atoms with E-state index in [1.54, 1.807) is 11.3 Å². The molecule has 136 valence electrons. The minimum Gasteiger partial charge on any atom is -0.357 e. The molecule has 0 unspecified atom stereocenters. The number of guanidine groups is 1. The van der Waals surface area contributed by atoms with Crippen molar-refractivity contribution in [3.05, 3.63) is 16.1 Å². The Labute approximate surface area is 167 Å². The normalized spacial score (nSPS) is 19.6. The van der Waals surface area contributed by atoms with Crippen LogP contribution in [0.5, 0.6) is 0 Å². The second kappa shape index (κ2) is 8.83. The van der Waals surface area contributed by atoms with E-state index < -0.39 is 0 Å². The smallest absolute Gasteiger partial charge is 0.191 e. The summed E-state index contributed by atoms with van der Waals surface area (Å²) in [7, 11) is 0. The van der Waals surface area contributed by atoms with Crippen LogP contribution in [0.4, 0.5) is 0 Å². The van der Waals surface area contributed by atoms with Gasteiger partial charge in [-0.05, 0) is 49.9 Å². The van der Waals surface area contributed by atoms with Crippen LogP contribution in [0.2, 0.25) is 0 Å². The summed E-state index contributed by atoms with van der Waals surface area (Å²) in [6.07, 6.45) is 7.07. The fourth-order valence-electron chi connectivity index (χ4n) is 3.47. The lowest BCUT2D eigenvalue weighted by Gasteiger charge is -2.43. The molecule has 0 aliphatic heterocycles. The van der Waals surface area contributed by atoms with Gasteiger partial charge in [0, 0.05) is 18.5 Å². The second-order valence-corrected chi connectivity index (χ2v) is 8.30. The van der Waals surface area contributed by atoms with Crippen molar-refractivity contribution in [1.29, 1.82) is 0 Å². The van der Waals surface area contributed by atoms with Gasteiger partial charge in [0.25, 0.3) is 0 Å². The first-order valence-electron chi connectivity index (χ1n) is 9.09. The first-order valence-corrected chi connectivity index (χ1v) is 9.97. The quantitative estimate of drug-likeness (QED) is 0.356. The Morgan fingerprint density at radius 3 is 2.62 bits per heavy atom. The zero-order valence-electron chi connectivity index (χ0n) is 15.1. The topological polar surface area (TPSA) is 49.3 Å². The van der Waals surface area contributed by atoms with E-state index >= 15 is 0 Å². The fourth-order valence-corrected chi connectivity index (χ4v) is 4.35. The number of hydrogen-bond acceptors (Lipinski definition) is 3. The third-order valence-corrected chi connectivity index (χ3v) is 6.13. The Kier molecular flexibility index (Phi) is 7.34. The van der Waals surface area contributed by atoms with Crippen molar-refractivity contribution in [3.8, 4) is 0 Å². The summed E-state index contributed by atoms with van der Waals surface area (Å²) in [4.78, 5) is 9.41. The zero-order chi connectivity index (χ0) is 16.3. The maximum atomic E-state index is 4.74. The van der Waals surface area contributed by atoms with E-state index in [0.717, 1.165) is 30.0 Å². The Morgan fingerprint density at radius 2 is 2.12 bits per heavy atom. The van der Waals surface area contributed by atoms with Gasteiger partial charge in [0.15, 0.2) is 5.96 Å². The molecule has 6 heteroatoms. The van der Waals surface area contributed by atoms with Gasteiger partial charge in [0.2, 0.25) is 0 Å². The molecule has 2 fully saturated rings. The van der Waals surface area contributed by atoms with Crippen molar-refractivity contribution in [2.75, 3.05) is 13.1 Å². The van der Waals surface area contributed by atoms with Crippen LogP contribution in [-0.4, -0.2) is 24.0 Å². The number of rotatable bonds is 7. The lowest BCUT2D eigenvalue weighted by Crippen LogP contribution is -2.47. The van der Waals surface area contributed by atoms with E-state index in [0.29, 0.717) is 17.9 Å². The zero-order valence-corrected chi connectivity index (χ0v) is 18.2. The van der Waals surface area contributed by atoms with E-state index in [9.17, 15) is 0 Å². The maximum Gasteiger partial charge on any atom is 0.191 e. The van der Waals surface area contributed by atoms with Crippen LogP contribution < -0.4 is 10.6 Å². The number of thiazole rings is 1. The van der Waals surface area contributed by atoms with Gasteiger partial charge in [0.1, 0.15) is 5.01 Å². The van der Waals surface area contributed by atoms with Gasteiger partial charge < -0.3 is 10.6 Å². The molecular weight excluding hydrogens is 431 g/mol. The summed E-state index contributed by atoms with van der Waals surface area (Å²) in [5, 5.41) is 10.2. The minimum atomic E-state index is 0. The van der Waals surface area contributed by atoms with Gasteiger partial charge in [-0.3, -0.25) is 0 Å². The Bertz CT molecular complexity index is 547. The van der Waals surface area contributed by atoms with Gasteiger partial charge >= 0.3 is 0 Å². The lowest BCUT2D eigenvalue weighted by atomic mass is 9.65. The monoisotopic (exact) mass is 462 g/mol. The van der Waals surface area contributed by atoms with Crippen LogP contribution in [0.15, 0.2) is 10.4 Å². The van der Waals surface area contributed by atoms with Crippen LogP contribution in [-0.2, 0) is 6.54 Å². The molecular formula is C18H31IN4S. The van der Waals surface area contributed by atoms with E-state index in [4.69, 9.17) is 4.99 Å². The molecule has 24 heavy (non-hydrogen) atoms. The predicted octanol–water partition coefficient (Wildman–Crippen LogP) is 4.52. The van der Waals surface area contributed by atoms with Crippen LogP contribution in [0.3, 0.4) is 0 Å². The van der Waals surface area contributed by atoms with Crippen molar-refractivity contribution in [2.24, 2.45) is 16.3 Å². The molecule has 1 heterocycles. The van der Waals surface area contributed by atoms with Crippen LogP contribution in [0.25, 0.3) is 0 Å². The first kappa shape index (κ1) is 19.9. The third-order valence-electron chi connectivity index (χ3n) is 5.28. The average molecular weight is 462 g/mol. The molecule has 2 aliphatic rings. The number of hydrogen-bond donors (Lipinski definition) is 2. The van der Waals surface area contributed by atoms with Crippen molar-refractivity contribution in [1.82, 2.24) is 15.6 Å². The highest BCUT2D eigenvalue weighted by Crippen LogP contribution is 2.56. The van der Waals surface area contributed by atoms with Gasteiger partial charge in [0.05, 0.1) is 12.2 Å². The SMILES string of the molecule is CCNC(=NCc1nc(C(C)C)cs1)NCC1(C2CC2)CCC1.I. The summed E-state index contributed by atoms with van der Waals surface area (Å²) in [6, 6.07) is 0. The van der Waals surface area contributed by atoms with E-state index in [2.05, 4.69) is 41.8 Å². The molecule has 2 saturated carbocycles. The van der Waals surface area contributed by atoms with Crippen LogP contribution in [0.1, 0.15) is 69.5 Å². The summed E-state index contributed by atoms with van der Waals surface area (Å²) >= 11 is 1.72. The second-order valence-electron chi connectivity index (χ2n) is 7.36. The van der Waals surface area contributed by atoms with Gasteiger partial charge in [-0.25, -0.2) is 9.98 Å². The molecule has 4 nitrogen and oxygen atoms in total. The first-order chi connectivity index (χ1) is 11.1. The highest BCUT2D eigenvalue weighted by atomic mass is 127. The summed E-state index contributed by atoms with van der Waals surface area (Å²) in [5.41, 5.74) is 1.75. The standard InChI is InChI=1S/C18H30N4S.HI/c1-4-19-17(20-10-16-22-15(11-23-16)13(2)3)21-12-18(8-5-9-18)14-6-7-14;/h11,13-14H,4-10,12H2,1-3H3,(H2,19,20,21);1H. The molecule has 0 radical (unpaired) electrons. The van der Waals surface area contributed by atoms with Crippen molar-refractivity contribution < 1.29 is 0 Å². The van der Waals surface area contributed by atoms with Crippen LogP contribution in [0, 0.1) is 11.3 Å². The Morgan fingerprint density at radius 1 is 1.38 bits per heavy atom. The number of aliphatic imine (C=N–C) groups is 1. The molecule has 0 bridgehead atoms. The maximum absolute atomic E-state index is 4.74. The molecule has 1 aromatic heterocycles. The Hall–Kier alpha value is -0.370. The van der Waals surface area contributed by atoms with E-state index in [1.807, 2.05) is 0 Å². The van der Waals surface area contributed by atoms with Gasteiger partial charge in [-0.2, -0.15) is 0 Å². The molecule has 0 aromatic carbocycles. The Balaban J connectivity index is 0.00000208. The summed E-state index contributed by atoms with van der Waals surface area (Å²) in [5.74, 6) is 2.41. The van der Waals surface area contributed by atoms with Crippen molar-refractivity contribution in [3.63, 3.8) is 0 Å². The van der Waals surface area contributed by atoms with Gasteiger partial charge in [-0.1, -0.05) is 20.3 Å². The highest BCUT2D eigenvalue weighted by molar-refractivity contribution is 14.0. The van der Waals surface area contributed by atoms with E-state index in [-0.39, 0.29) is 24.0 Å². The van der Waals surface area contributed by atoms with Gasteiger partial charge in [-0.15, -0.1) is 35.3 Å². The number of aromatic nitrogens is 1. The molecule has 3 rings (SSSR count). The minimum absolute atomic E-state index is 0. The molecule has 1 aromatic rings. The van der Waals surface area contributed by atoms with E-state index in [1.165, 1.54) is 37.8 Å². The van der Waals surface area contributed by atoms with Crippen molar-refractivity contribution in [2.45, 2.75) is 65.3 Å². The molecule has 0 saturated heterocycles. The highest BCUT2D eigenvalue weighted by Gasteiger charge is 2.48. The molecule has 2 aliphatic carbocycles. The molecule has 0 spiro atoms. The third kappa shape index (κ3) is 4.84. The fraction of sp³-hybridized carbons (Fsp3) is 0.778. The lowest BCUT2D eigenvalue weighted by molar-refractivity contribution is 0.106. The number of nitrogens with one attached hydrogen (secondary N) is 2. The molecule has 2 N–H and O–H groups in total. The largest absolute Gasteiger partial charge is 0.357 e. The average Bonchev–Trinajstić information content (AvgIpc) is 3.21. The summed E-state index contributed by atoms with van der Waals surface area (Å²) < 4.78 is 0. The molecule has 0 amide bonds. The van der Waals surface area contributed by atoms with Crippen molar-refractivity contribution >= 4 is 41.3 Å².